The molecular weight excluding hydrogens is 166 g/mol. The van der Waals surface area contributed by atoms with E-state index in [0.717, 1.165) is 18.1 Å². The molecule has 0 spiro atoms. The van der Waals surface area contributed by atoms with Gasteiger partial charge in [0, 0.05) is 18.2 Å². The normalized spacial score (nSPS) is 12.9. The van der Waals surface area contributed by atoms with Crippen LogP contribution in [0.4, 0.5) is 0 Å². The fourth-order valence-electron chi connectivity index (χ4n) is 0.833. The van der Waals surface area contributed by atoms with Crippen molar-refractivity contribution < 1.29 is 0 Å². The van der Waals surface area contributed by atoms with Crippen molar-refractivity contribution in [3.05, 3.63) is 0 Å². The molecule has 0 aliphatic rings. The fraction of sp³-hybridized carbons (Fsp3) is 0.800. The van der Waals surface area contributed by atoms with Gasteiger partial charge in [0.05, 0.1) is 0 Å². The highest BCUT2D eigenvalue weighted by molar-refractivity contribution is 7.99. The third-order valence-corrected chi connectivity index (χ3v) is 3.08. The van der Waals surface area contributed by atoms with E-state index in [2.05, 4.69) is 25.1 Å². The molecule has 0 aromatic heterocycles. The Kier molecular flexibility index (Phi) is 7.43. The van der Waals surface area contributed by atoms with Gasteiger partial charge in [-0.25, -0.2) is 0 Å². The third-order valence-electron chi connectivity index (χ3n) is 1.54. The largest absolute Gasteiger partial charge is 0.315 e. The molecule has 1 nitrogen and oxygen atoms in total. The van der Waals surface area contributed by atoms with Gasteiger partial charge >= 0.3 is 0 Å². The van der Waals surface area contributed by atoms with Crippen molar-refractivity contribution in [2.75, 3.05) is 18.6 Å². The third kappa shape index (κ3) is 6.57. The van der Waals surface area contributed by atoms with Crippen molar-refractivity contribution in [2.24, 2.45) is 5.92 Å². The molecule has 1 atom stereocenters. The maximum Gasteiger partial charge on any atom is 0.0264 e. The molecule has 12 heavy (non-hydrogen) atoms. The molecule has 70 valence electrons. The van der Waals surface area contributed by atoms with Crippen molar-refractivity contribution in [1.29, 1.82) is 0 Å². The number of hydrogen-bond donors (Lipinski definition) is 1. The maximum absolute atomic E-state index is 5.24. The Morgan fingerprint density at radius 2 is 2.08 bits per heavy atom. The molecule has 0 aliphatic heterocycles. The van der Waals surface area contributed by atoms with Gasteiger partial charge < -0.3 is 5.32 Å². The molecule has 0 aromatic carbocycles. The van der Waals surface area contributed by atoms with Crippen LogP contribution in [0, 0.1) is 18.3 Å². The Bertz CT molecular complexity index is 137. The minimum absolute atomic E-state index is 0.485. The zero-order valence-corrected chi connectivity index (χ0v) is 9.08. The molecule has 0 saturated carbocycles. The molecule has 0 aliphatic carbocycles. The van der Waals surface area contributed by atoms with Crippen LogP contribution in [-0.2, 0) is 0 Å². The average molecular weight is 185 g/mol. The van der Waals surface area contributed by atoms with E-state index in [0.29, 0.717) is 6.04 Å². The first-order valence-corrected chi connectivity index (χ1v) is 5.54. The second-order valence-corrected chi connectivity index (χ2v) is 4.40. The van der Waals surface area contributed by atoms with Crippen molar-refractivity contribution in [3.63, 3.8) is 0 Å². The minimum Gasteiger partial charge on any atom is -0.315 e. The van der Waals surface area contributed by atoms with Crippen LogP contribution >= 0.6 is 11.8 Å². The minimum atomic E-state index is 0.485. The lowest BCUT2D eigenvalue weighted by Gasteiger charge is -2.13. The Morgan fingerprint density at radius 1 is 1.42 bits per heavy atom. The first kappa shape index (κ1) is 11.9. The quantitative estimate of drug-likeness (QED) is 0.635. The molecule has 0 aromatic rings. The van der Waals surface area contributed by atoms with Crippen LogP contribution in [0.2, 0.25) is 0 Å². The first-order chi connectivity index (χ1) is 5.70. The van der Waals surface area contributed by atoms with Crippen molar-refractivity contribution in [3.8, 4) is 12.3 Å². The van der Waals surface area contributed by atoms with Crippen molar-refractivity contribution in [1.82, 2.24) is 5.32 Å². The summed E-state index contributed by atoms with van der Waals surface area (Å²) in [5.41, 5.74) is 0. The summed E-state index contributed by atoms with van der Waals surface area (Å²) in [7, 11) is 1.97. The van der Waals surface area contributed by atoms with Gasteiger partial charge in [-0.1, -0.05) is 13.8 Å². The lowest BCUT2D eigenvalue weighted by molar-refractivity contribution is 0.635. The van der Waals surface area contributed by atoms with Crippen molar-refractivity contribution >= 4 is 11.8 Å². The van der Waals surface area contributed by atoms with Crippen molar-refractivity contribution in [2.45, 2.75) is 26.3 Å². The Morgan fingerprint density at radius 3 is 2.50 bits per heavy atom. The van der Waals surface area contributed by atoms with E-state index in [9.17, 15) is 0 Å². The van der Waals surface area contributed by atoms with Gasteiger partial charge in [0.15, 0.2) is 0 Å². The second-order valence-electron chi connectivity index (χ2n) is 3.33. The van der Waals surface area contributed by atoms with Gasteiger partial charge in [0.1, 0.15) is 0 Å². The van der Waals surface area contributed by atoms with E-state index in [4.69, 9.17) is 6.42 Å². The highest BCUT2D eigenvalue weighted by Crippen LogP contribution is 2.09. The number of terminal acetylenes is 1. The Balaban J connectivity index is 3.39. The summed E-state index contributed by atoms with van der Waals surface area (Å²) in [6.45, 7) is 4.48. The summed E-state index contributed by atoms with van der Waals surface area (Å²) in [5.74, 6) is 5.81. The van der Waals surface area contributed by atoms with Gasteiger partial charge in [0.25, 0.3) is 0 Å². The van der Waals surface area contributed by atoms with E-state index in [-0.39, 0.29) is 0 Å². The Labute approximate surface area is 80.7 Å². The summed E-state index contributed by atoms with van der Waals surface area (Å²) in [6, 6.07) is 0.485. The van der Waals surface area contributed by atoms with E-state index >= 15 is 0 Å². The summed E-state index contributed by atoms with van der Waals surface area (Å²) >= 11 is 1.98. The van der Waals surface area contributed by atoms with E-state index < -0.39 is 0 Å². The average Bonchev–Trinajstić information content (AvgIpc) is 2.02. The lowest BCUT2D eigenvalue weighted by atomic mass is 10.2. The molecule has 0 saturated heterocycles. The predicted molar refractivity (Wildman–Crippen MR) is 58.5 cm³/mol. The van der Waals surface area contributed by atoms with Gasteiger partial charge in [-0.15, -0.1) is 12.3 Å². The Hall–Kier alpha value is -0.130. The van der Waals surface area contributed by atoms with Crippen LogP contribution in [0.15, 0.2) is 0 Å². The molecule has 2 heteroatoms. The van der Waals surface area contributed by atoms with E-state index in [1.54, 1.807) is 0 Å². The van der Waals surface area contributed by atoms with Crippen LogP contribution < -0.4 is 5.32 Å². The summed E-state index contributed by atoms with van der Waals surface area (Å²) in [6.07, 6.45) is 6.07. The molecule has 0 heterocycles. The van der Waals surface area contributed by atoms with Gasteiger partial charge in [-0.2, -0.15) is 11.8 Å². The number of rotatable bonds is 6. The SMILES string of the molecule is C#CCC(CSCC(C)C)NC. The second kappa shape index (κ2) is 7.52. The van der Waals surface area contributed by atoms with Crippen LogP contribution in [0.1, 0.15) is 20.3 Å². The maximum atomic E-state index is 5.24. The number of hydrogen-bond acceptors (Lipinski definition) is 2. The topological polar surface area (TPSA) is 12.0 Å². The standard InChI is InChI=1S/C10H19NS/c1-5-6-10(11-4)8-12-7-9(2)3/h1,9-11H,6-8H2,2-4H3. The fourth-order valence-corrected chi connectivity index (χ4v) is 2.01. The monoisotopic (exact) mass is 185 g/mol. The molecular formula is C10H19NS. The van der Waals surface area contributed by atoms with E-state index in [1.165, 1.54) is 5.75 Å². The first-order valence-electron chi connectivity index (χ1n) is 4.39. The zero-order valence-electron chi connectivity index (χ0n) is 8.26. The summed E-state index contributed by atoms with van der Waals surface area (Å²) < 4.78 is 0. The zero-order chi connectivity index (χ0) is 9.40. The summed E-state index contributed by atoms with van der Waals surface area (Å²) in [4.78, 5) is 0. The van der Waals surface area contributed by atoms with Gasteiger partial charge in [0.2, 0.25) is 0 Å². The van der Waals surface area contributed by atoms with Gasteiger partial charge in [-0.05, 0) is 18.7 Å². The molecule has 0 radical (unpaired) electrons. The van der Waals surface area contributed by atoms with Crippen LogP contribution in [0.25, 0.3) is 0 Å². The van der Waals surface area contributed by atoms with Crippen LogP contribution in [0.5, 0.6) is 0 Å². The summed E-state index contributed by atoms with van der Waals surface area (Å²) in [5, 5.41) is 3.21. The molecule has 1 unspecified atom stereocenters. The predicted octanol–water partition coefficient (Wildman–Crippen LogP) is 1.99. The molecule has 0 amide bonds. The van der Waals surface area contributed by atoms with Gasteiger partial charge in [-0.3, -0.25) is 0 Å². The van der Waals surface area contributed by atoms with Crippen LogP contribution in [0.3, 0.4) is 0 Å². The highest BCUT2D eigenvalue weighted by Gasteiger charge is 2.04. The molecule has 0 rings (SSSR count). The smallest absolute Gasteiger partial charge is 0.0264 e. The lowest BCUT2D eigenvalue weighted by Crippen LogP contribution is -2.27. The number of thioether (sulfide) groups is 1. The molecule has 0 bridgehead atoms. The van der Waals surface area contributed by atoms with Crippen LogP contribution in [-0.4, -0.2) is 24.6 Å². The molecule has 0 fully saturated rings. The highest BCUT2D eigenvalue weighted by atomic mass is 32.2. The number of nitrogens with one attached hydrogen (secondary N) is 1. The molecule has 1 N–H and O–H groups in total. The van der Waals surface area contributed by atoms with E-state index in [1.807, 2.05) is 18.8 Å².